The minimum Gasteiger partial charge on any atom is -0.478 e. The molecule has 0 atom stereocenters. The third-order valence-electron chi connectivity index (χ3n) is 2.96. The lowest BCUT2D eigenvalue weighted by Crippen LogP contribution is -2.09. The van der Waals surface area contributed by atoms with Crippen LogP contribution in [-0.4, -0.2) is 27.3 Å². The molecular weight excluding hydrogens is 260 g/mol. The van der Waals surface area contributed by atoms with Gasteiger partial charge in [-0.15, -0.1) is 0 Å². The molecule has 0 spiro atoms. The van der Waals surface area contributed by atoms with Crippen LogP contribution in [0, 0.1) is 0 Å². The maximum Gasteiger partial charge on any atom is 0.337 e. The fourth-order valence-corrected chi connectivity index (χ4v) is 1.99. The fourth-order valence-electron chi connectivity index (χ4n) is 1.99. The highest BCUT2D eigenvalue weighted by atomic mass is 16.4. The topological polar surface area (TPSA) is 94.8 Å². The number of hydrogen-bond donors (Lipinski definition) is 3. The Morgan fingerprint density at radius 1 is 0.900 bits per heavy atom. The number of benzene rings is 2. The Morgan fingerprint density at radius 3 is 2.05 bits per heavy atom. The van der Waals surface area contributed by atoms with Crippen LogP contribution >= 0.6 is 0 Å². The van der Waals surface area contributed by atoms with E-state index in [1.165, 1.54) is 12.1 Å². The Balaban J connectivity index is 2.63. The van der Waals surface area contributed by atoms with Crippen molar-refractivity contribution in [1.29, 1.82) is 0 Å². The maximum absolute atomic E-state index is 11.3. The molecule has 2 aromatic carbocycles. The van der Waals surface area contributed by atoms with Gasteiger partial charge in [0.1, 0.15) is 0 Å². The van der Waals surface area contributed by atoms with E-state index in [9.17, 15) is 14.7 Å². The van der Waals surface area contributed by atoms with E-state index in [1.54, 1.807) is 30.3 Å². The molecule has 0 heterocycles. The number of aliphatic hydroxyl groups is 1. The predicted octanol–water partition coefficient (Wildman–Crippen LogP) is 2.24. The van der Waals surface area contributed by atoms with Crippen molar-refractivity contribution < 1.29 is 24.9 Å². The highest BCUT2D eigenvalue weighted by Crippen LogP contribution is 2.27. The molecule has 0 saturated heterocycles. The first-order valence-electron chi connectivity index (χ1n) is 5.84. The highest BCUT2D eigenvalue weighted by molar-refractivity contribution is 6.06. The van der Waals surface area contributed by atoms with E-state index in [4.69, 9.17) is 10.2 Å². The molecule has 0 amide bonds. The van der Waals surface area contributed by atoms with Crippen LogP contribution in [0.2, 0.25) is 0 Å². The third kappa shape index (κ3) is 2.53. The second-order valence-electron chi connectivity index (χ2n) is 4.19. The number of aromatic carboxylic acids is 2. The molecule has 0 aliphatic rings. The summed E-state index contributed by atoms with van der Waals surface area (Å²) in [5.74, 6) is -2.57. The molecule has 5 nitrogen and oxygen atoms in total. The van der Waals surface area contributed by atoms with Crippen molar-refractivity contribution in [1.82, 2.24) is 0 Å². The van der Waals surface area contributed by atoms with Gasteiger partial charge in [-0.1, -0.05) is 36.4 Å². The van der Waals surface area contributed by atoms with Crippen molar-refractivity contribution in [3.63, 3.8) is 0 Å². The summed E-state index contributed by atoms with van der Waals surface area (Å²) in [5.41, 5.74) is 1.13. The van der Waals surface area contributed by atoms with Crippen LogP contribution in [-0.2, 0) is 6.61 Å². The van der Waals surface area contributed by atoms with Gasteiger partial charge in [-0.25, -0.2) is 9.59 Å². The smallest absolute Gasteiger partial charge is 0.337 e. The van der Waals surface area contributed by atoms with Gasteiger partial charge in [0.25, 0.3) is 0 Å². The van der Waals surface area contributed by atoms with E-state index in [2.05, 4.69) is 0 Å². The van der Waals surface area contributed by atoms with Crippen molar-refractivity contribution >= 4 is 11.9 Å². The summed E-state index contributed by atoms with van der Waals surface area (Å²) in [6.07, 6.45) is 0. The Kier molecular flexibility index (Phi) is 3.81. The Labute approximate surface area is 114 Å². The summed E-state index contributed by atoms with van der Waals surface area (Å²) in [7, 11) is 0. The minimum atomic E-state index is -1.29. The zero-order chi connectivity index (χ0) is 14.7. The molecule has 0 aliphatic heterocycles. The van der Waals surface area contributed by atoms with Crippen LogP contribution in [0.3, 0.4) is 0 Å². The lowest BCUT2D eigenvalue weighted by molar-refractivity contribution is 0.0652. The number of carboxylic acid groups (broad SMARTS) is 2. The van der Waals surface area contributed by atoms with Crippen molar-refractivity contribution in [2.75, 3.05) is 0 Å². The molecule has 102 valence electrons. The molecule has 2 aromatic rings. The van der Waals surface area contributed by atoms with Crippen LogP contribution in [0.4, 0.5) is 0 Å². The monoisotopic (exact) mass is 272 g/mol. The fraction of sp³-hybridized carbons (Fsp3) is 0.0667. The van der Waals surface area contributed by atoms with E-state index in [0.717, 1.165) is 0 Å². The molecule has 0 fully saturated rings. The third-order valence-corrected chi connectivity index (χ3v) is 2.96. The second kappa shape index (κ2) is 5.54. The largest absolute Gasteiger partial charge is 0.478 e. The van der Waals surface area contributed by atoms with E-state index in [-0.39, 0.29) is 17.7 Å². The summed E-state index contributed by atoms with van der Waals surface area (Å²) in [4.78, 5) is 22.5. The van der Waals surface area contributed by atoms with Crippen molar-refractivity contribution in [3.8, 4) is 11.1 Å². The summed E-state index contributed by atoms with van der Waals surface area (Å²) in [5, 5.41) is 27.3. The van der Waals surface area contributed by atoms with Crippen molar-refractivity contribution in [2.45, 2.75) is 6.61 Å². The van der Waals surface area contributed by atoms with Crippen LogP contribution in [0.5, 0.6) is 0 Å². The van der Waals surface area contributed by atoms with Crippen LogP contribution in [0.25, 0.3) is 11.1 Å². The van der Waals surface area contributed by atoms with Crippen molar-refractivity contribution in [2.24, 2.45) is 0 Å². The molecule has 2 rings (SSSR count). The first kappa shape index (κ1) is 13.8. The lowest BCUT2D eigenvalue weighted by Gasteiger charge is -2.09. The molecule has 0 radical (unpaired) electrons. The standard InChI is InChI=1S/C15H12O5/c16-8-9-4-6-10(7-5-9)11-2-1-3-12(14(17)18)13(11)15(19)20/h1-7,16H,8H2,(H,17,18)(H,19,20). The van der Waals surface area contributed by atoms with E-state index in [1.807, 2.05) is 0 Å². The highest BCUT2D eigenvalue weighted by Gasteiger charge is 2.20. The molecule has 20 heavy (non-hydrogen) atoms. The van der Waals surface area contributed by atoms with Gasteiger partial charge in [0, 0.05) is 0 Å². The molecule has 0 aliphatic carbocycles. The molecule has 0 saturated carbocycles. The predicted molar refractivity (Wildman–Crippen MR) is 71.7 cm³/mol. The first-order chi connectivity index (χ1) is 9.54. The molecule has 3 N–H and O–H groups in total. The Morgan fingerprint density at radius 2 is 1.55 bits per heavy atom. The average Bonchev–Trinajstić information content (AvgIpc) is 2.46. The second-order valence-corrected chi connectivity index (χ2v) is 4.19. The number of carbonyl (C=O) groups is 2. The van der Waals surface area contributed by atoms with E-state index >= 15 is 0 Å². The number of rotatable bonds is 4. The Bertz CT molecular complexity index is 658. The van der Waals surface area contributed by atoms with Gasteiger partial charge in [-0.3, -0.25) is 0 Å². The van der Waals surface area contributed by atoms with Gasteiger partial charge in [-0.05, 0) is 22.8 Å². The Hall–Kier alpha value is -2.66. The van der Waals surface area contributed by atoms with Gasteiger partial charge in [0.05, 0.1) is 17.7 Å². The van der Waals surface area contributed by atoms with Crippen LogP contribution < -0.4 is 0 Å². The zero-order valence-corrected chi connectivity index (χ0v) is 10.4. The maximum atomic E-state index is 11.3. The summed E-state index contributed by atoms with van der Waals surface area (Å²) < 4.78 is 0. The first-order valence-corrected chi connectivity index (χ1v) is 5.84. The molecule has 0 unspecified atom stereocenters. The molecular formula is C15H12O5. The van der Waals surface area contributed by atoms with Crippen molar-refractivity contribution in [3.05, 3.63) is 59.2 Å². The number of carboxylic acids is 2. The van der Waals surface area contributed by atoms with Crippen LogP contribution in [0.15, 0.2) is 42.5 Å². The quantitative estimate of drug-likeness (QED) is 0.793. The SMILES string of the molecule is O=C(O)c1cccc(-c2ccc(CO)cc2)c1C(=O)O. The number of hydrogen-bond acceptors (Lipinski definition) is 3. The van der Waals surface area contributed by atoms with Gasteiger partial charge < -0.3 is 15.3 Å². The zero-order valence-electron chi connectivity index (χ0n) is 10.4. The average molecular weight is 272 g/mol. The minimum absolute atomic E-state index is 0.110. The molecule has 0 bridgehead atoms. The summed E-state index contributed by atoms with van der Waals surface area (Å²) in [6, 6.07) is 11.0. The van der Waals surface area contributed by atoms with Gasteiger partial charge in [-0.2, -0.15) is 0 Å². The van der Waals surface area contributed by atoms with Crippen LogP contribution in [0.1, 0.15) is 26.3 Å². The normalized spacial score (nSPS) is 10.2. The summed E-state index contributed by atoms with van der Waals surface area (Å²) >= 11 is 0. The van der Waals surface area contributed by atoms with Gasteiger partial charge in [0.15, 0.2) is 0 Å². The molecule has 0 aromatic heterocycles. The molecule has 5 heteroatoms. The van der Waals surface area contributed by atoms with Gasteiger partial charge >= 0.3 is 11.9 Å². The van der Waals surface area contributed by atoms with Gasteiger partial charge in [0.2, 0.25) is 0 Å². The lowest BCUT2D eigenvalue weighted by atomic mass is 9.95. The number of aliphatic hydroxyl groups excluding tert-OH is 1. The van der Waals surface area contributed by atoms with E-state index in [0.29, 0.717) is 16.7 Å². The van der Waals surface area contributed by atoms with E-state index < -0.39 is 11.9 Å². The summed E-state index contributed by atoms with van der Waals surface area (Å²) in [6.45, 7) is -0.110.